The summed E-state index contributed by atoms with van der Waals surface area (Å²) in [6.45, 7) is 1.81. The normalized spacial score (nSPS) is 25.7. The Bertz CT molecular complexity index is 1100. The van der Waals surface area contributed by atoms with Crippen LogP contribution in [0.5, 0.6) is 0 Å². The third-order valence-corrected chi connectivity index (χ3v) is 6.14. The second kappa shape index (κ2) is 6.97. The lowest BCUT2D eigenvalue weighted by molar-refractivity contribution is -0.128. The summed E-state index contributed by atoms with van der Waals surface area (Å²) >= 11 is 5.98. The van der Waals surface area contributed by atoms with Crippen molar-refractivity contribution in [2.75, 3.05) is 9.96 Å². The molecule has 5 nitrogen and oxygen atoms in total. The molecule has 0 spiro atoms. The number of hydrogen-bond acceptors (Lipinski definition) is 4. The van der Waals surface area contributed by atoms with Gasteiger partial charge in [-0.1, -0.05) is 60.1 Å². The first-order valence-electron chi connectivity index (χ1n) is 9.72. The van der Waals surface area contributed by atoms with Gasteiger partial charge >= 0.3 is 0 Å². The van der Waals surface area contributed by atoms with Gasteiger partial charge in [0.2, 0.25) is 5.91 Å². The number of benzene rings is 3. The fourth-order valence-electron chi connectivity index (χ4n) is 4.40. The Kier molecular flexibility index (Phi) is 4.38. The lowest BCUT2D eigenvalue weighted by Crippen LogP contribution is -2.41. The molecule has 0 radical (unpaired) electrons. The van der Waals surface area contributed by atoms with Crippen molar-refractivity contribution in [3.8, 4) is 0 Å². The first-order chi connectivity index (χ1) is 14.5. The molecule has 150 valence electrons. The average Bonchev–Trinajstić information content (AvgIpc) is 3.19. The van der Waals surface area contributed by atoms with E-state index in [0.29, 0.717) is 10.7 Å². The van der Waals surface area contributed by atoms with Crippen LogP contribution in [0.2, 0.25) is 5.02 Å². The Labute approximate surface area is 179 Å². The zero-order valence-electron chi connectivity index (χ0n) is 16.2. The summed E-state index contributed by atoms with van der Waals surface area (Å²) in [5, 5.41) is 2.24. The number of halogens is 1. The highest BCUT2D eigenvalue weighted by Gasteiger charge is 2.68. The van der Waals surface area contributed by atoms with E-state index in [0.717, 1.165) is 11.3 Å². The number of anilines is 2. The smallest absolute Gasteiger partial charge is 0.266 e. The fraction of sp³-hybridized carbons (Fsp3) is 0.167. The summed E-state index contributed by atoms with van der Waals surface area (Å²) in [5.41, 5.74) is 1.10. The average molecular weight is 419 g/mol. The van der Waals surface area contributed by atoms with Crippen molar-refractivity contribution in [1.29, 1.82) is 0 Å². The molecule has 5 rings (SSSR count). The molecule has 3 aromatic rings. The van der Waals surface area contributed by atoms with E-state index in [1.807, 2.05) is 67.6 Å². The second-order valence-electron chi connectivity index (χ2n) is 7.70. The van der Waals surface area contributed by atoms with Crippen LogP contribution in [0, 0.1) is 5.41 Å². The molecular formula is C24H19ClN2O3. The molecule has 2 fully saturated rings. The number of hydroxylamine groups is 1. The highest BCUT2D eigenvalue weighted by molar-refractivity contribution is 6.31. The van der Waals surface area contributed by atoms with Gasteiger partial charge in [-0.15, -0.1) is 0 Å². The van der Waals surface area contributed by atoms with Gasteiger partial charge in [0.25, 0.3) is 5.91 Å². The highest BCUT2D eigenvalue weighted by Crippen LogP contribution is 2.55. The number of imide groups is 1. The zero-order chi connectivity index (χ0) is 20.9. The Morgan fingerprint density at radius 2 is 1.43 bits per heavy atom. The van der Waals surface area contributed by atoms with Crippen LogP contribution in [0.15, 0.2) is 84.9 Å². The maximum Gasteiger partial charge on any atom is 0.266 e. The van der Waals surface area contributed by atoms with Crippen molar-refractivity contribution < 1.29 is 14.4 Å². The van der Waals surface area contributed by atoms with Gasteiger partial charge in [0, 0.05) is 5.02 Å². The second-order valence-corrected chi connectivity index (χ2v) is 8.13. The number of nitrogens with zero attached hydrogens (tertiary/aromatic N) is 2. The molecule has 2 heterocycles. The van der Waals surface area contributed by atoms with E-state index in [9.17, 15) is 9.59 Å². The number of para-hydroxylation sites is 1. The van der Waals surface area contributed by atoms with Crippen molar-refractivity contribution in [3.05, 3.63) is 95.5 Å². The van der Waals surface area contributed by atoms with E-state index >= 15 is 0 Å². The van der Waals surface area contributed by atoms with Gasteiger partial charge in [0.15, 0.2) is 6.10 Å². The number of carbonyl (C=O) groups is 2. The van der Waals surface area contributed by atoms with Gasteiger partial charge in [-0.2, -0.15) is 0 Å². The van der Waals surface area contributed by atoms with Crippen molar-refractivity contribution in [1.82, 2.24) is 0 Å². The van der Waals surface area contributed by atoms with Crippen LogP contribution >= 0.6 is 11.6 Å². The van der Waals surface area contributed by atoms with E-state index in [1.165, 1.54) is 4.90 Å². The van der Waals surface area contributed by atoms with E-state index in [4.69, 9.17) is 16.4 Å². The number of hydrogen-bond donors (Lipinski definition) is 0. The summed E-state index contributed by atoms with van der Waals surface area (Å²) in [4.78, 5) is 34.5. The minimum atomic E-state index is -1.09. The van der Waals surface area contributed by atoms with E-state index in [2.05, 4.69) is 0 Å². The fourth-order valence-corrected chi connectivity index (χ4v) is 4.52. The third kappa shape index (κ3) is 2.66. The van der Waals surface area contributed by atoms with E-state index in [-0.39, 0.29) is 11.8 Å². The Balaban J connectivity index is 1.63. The molecule has 0 unspecified atom stereocenters. The van der Waals surface area contributed by atoms with Gasteiger partial charge in [-0.3, -0.25) is 14.4 Å². The summed E-state index contributed by atoms with van der Waals surface area (Å²) in [6, 6.07) is 25.5. The molecule has 3 atom stereocenters. The van der Waals surface area contributed by atoms with Crippen LogP contribution < -0.4 is 9.96 Å². The molecule has 3 aromatic carbocycles. The minimum Gasteiger partial charge on any atom is -0.273 e. The molecule has 2 aliphatic rings. The topological polar surface area (TPSA) is 49.9 Å². The van der Waals surface area contributed by atoms with E-state index < -0.39 is 17.6 Å². The zero-order valence-corrected chi connectivity index (χ0v) is 17.0. The molecule has 2 aliphatic heterocycles. The van der Waals surface area contributed by atoms with Gasteiger partial charge in [-0.05, 0) is 48.9 Å². The number of carbonyl (C=O) groups excluding carboxylic acids is 2. The van der Waals surface area contributed by atoms with E-state index in [1.54, 1.807) is 29.3 Å². The lowest BCUT2D eigenvalue weighted by atomic mass is 9.76. The van der Waals surface area contributed by atoms with Crippen LogP contribution in [-0.4, -0.2) is 17.9 Å². The molecule has 2 saturated heterocycles. The maximum atomic E-state index is 13.7. The SMILES string of the molecule is C[C@@]12C(=O)N(c3ccc(Cl)cc3)C(=O)[C@H]1ON(c1ccccc1)[C@@H]2c1ccccc1. The Morgan fingerprint density at radius 1 is 0.833 bits per heavy atom. The molecular weight excluding hydrogens is 400 g/mol. The van der Waals surface area contributed by atoms with Crippen LogP contribution in [0.3, 0.4) is 0 Å². The number of amides is 2. The van der Waals surface area contributed by atoms with Crippen LogP contribution in [-0.2, 0) is 14.4 Å². The lowest BCUT2D eigenvalue weighted by Gasteiger charge is -2.32. The van der Waals surface area contributed by atoms with Crippen LogP contribution in [0.1, 0.15) is 18.5 Å². The van der Waals surface area contributed by atoms with Gasteiger partial charge in [0.1, 0.15) is 5.41 Å². The maximum absolute atomic E-state index is 13.7. The van der Waals surface area contributed by atoms with Crippen molar-refractivity contribution in [2.45, 2.75) is 19.1 Å². The predicted molar refractivity (Wildman–Crippen MR) is 115 cm³/mol. The predicted octanol–water partition coefficient (Wildman–Crippen LogP) is 4.78. The van der Waals surface area contributed by atoms with Crippen LogP contribution in [0.4, 0.5) is 11.4 Å². The largest absolute Gasteiger partial charge is 0.273 e. The van der Waals surface area contributed by atoms with Gasteiger partial charge < -0.3 is 0 Å². The van der Waals surface area contributed by atoms with Crippen LogP contribution in [0.25, 0.3) is 0 Å². The Hall–Kier alpha value is -3.15. The van der Waals surface area contributed by atoms with Crippen molar-refractivity contribution in [2.24, 2.45) is 5.41 Å². The van der Waals surface area contributed by atoms with Crippen molar-refractivity contribution >= 4 is 34.8 Å². The molecule has 30 heavy (non-hydrogen) atoms. The molecule has 0 bridgehead atoms. The summed E-state index contributed by atoms with van der Waals surface area (Å²) in [6.07, 6.45) is -0.925. The third-order valence-electron chi connectivity index (χ3n) is 5.89. The summed E-state index contributed by atoms with van der Waals surface area (Å²) in [7, 11) is 0. The monoisotopic (exact) mass is 418 g/mol. The molecule has 0 saturated carbocycles. The number of fused-ring (bicyclic) bond motifs is 1. The summed E-state index contributed by atoms with van der Waals surface area (Å²) in [5.74, 6) is -0.656. The van der Waals surface area contributed by atoms with Gasteiger partial charge in [0.05, 0.1) is 17.4 Å². The Morgan fingerprint density at radius 3 is 2.07 bits per heavy atom. The molecule has 0 N–H and O–H groups in total. The first-order valence-corrected chi connectivity index (χ1v) is 10.1. The molecule has 0 aromatic heterocycles. The first kappa shape index (κ1) is 18.9. The van der Waals surface area contributed by atoms with Gasteiger partial charge in [-0.25, -0.2) is 9.96 Å². The molecule has 6 heteroatoms. The highest BCUT2D eigenvalue weighted by atomic mass is 35.5. The number of rotatable bonds is 3. The van der Waals surface area contributed by atoms with Crippen molar-refractivity contribution in [3.63, 3.8) is 0 Å². The molecule has 2 amide bonds. The molecule has 0 aliphatic carbocycles. The quantitative estimate of drug-likeness (QED) is 0.574. The minimum absolute atomic E-state index is 0.285. The standard InChI is InChI=1S/C24H19ClN2O3/c1-24-20(16-8-4-2-5-9-16)27(19-10-6-3-7-11-19)30-21(24)22(28)26(23(24)29)18-14-12-17(25)13-15-18/h2-15,20-21H,1H3/t20-,21-,24+/m1/s1. The summed E-state index contributed by atoms with van der Waals surface area (Å²) < 4.78 is 0.